The van der Waals surface area contributed by atoms with E-state index in [9.17, 15) is 9.59 Å². The largest absolute Gasteiger partial charge is 0.487 e. The number of ether oxygens (including phenoxy) is 1. The van der Waals surface area contributed by atoms with E-state index in [2.05, 4.69) is 10.3 Å². The van der Waals surface area contributed by atoms with Crippen molar-refractivity contribution in [1.82, 2.24) is 14.5 Å². The summed E-state index contributed by atoms with van der Waals surface area (Å²) in [6.45, 7) is 0.996. The normalized spacial score (nSPS) is 15.2. The number of para-hydroxylation sites is 4. The molecule has 2 heterocycles. The lowest BCUT2D eigenvalue weighted by atomic mass is 10.1. The minimum Gasteiger partial charge on any atom is -0.487 e. The number of likely N-dealkylation sites (tertiary alicyclic amines) is 1. The molecular formula is C29H30N4O3. The average molecular weight is 483 g/mol. The van der Waals surface area contributed by atoms with E-state index in [1.54, 1.807) is 4.90 Å². The molecule has 0 unspecified atom stereocenters. The van der Waals surface area contributed by atoms with Crippen LogP contribution in [0.2, 0.25) is 0 Å². The lowest BCUT2D eigenvalue weighted by Gasteiger charge is -2.24. The number of carbonyl (C=O) groups is 2. The fourth-order valence-corrected chi connectivity index (χ4v) is 4.77. The molecule has 0 radical (unpaired) electrons. The molecule has 3 aromatic carbocycles. The molecule has 1 saturated heterocycles. The summed E-state index contributed by atoms with van der Waals surface area (Å²) in [5, 5.41) is 3.00. The van der Waals surface area contributed by atoms with Crippen molar-refractivity contribution in [2.24, 2.45) is 7.05 Å². The van der Waals surface area contributed by atoms with Gasteiger partial charge in [-0.25, -0.2) is 4.98 Å². The van der Waals surface area contributed by atoms with Gasteiger partial charge in [0.15, 0.2) is 0 Å². The molecule has 1 N–H and O–H groups in total. The molecule has 4 aromatic rings. The number of aryl methyl sites for hydroxylation is 2. The molecule has 5 rings (SSSR count). The van der Waals surface area contributed by atoms with E-state index in [1.807, 2.05) is 90.5 Å². The summed E-state index contributed by atoms with van der Waals surface area (Å²) < 4.78 is 8.01. The molecule has 0 spiro atoms. The van der Waals surface area contributed by atoms with Crippen molar-refractivity contribution in [3.05, 3.63) is 90.3 Å². The Balaban J connectivity index is 1.21. The third-order valence-corrected chi connectivity index (χ3v) is 6.70. The Labute approximate surface area is 210 Å². The summed E-state index contributed by atoms with van der Waals surface area (Å²) in [7, 11) is 1.97. The molecule has 2 amide bonds. The number of aromatic nitrogens is 2. The van der Waals surface area contributed by atoms with E-state index < -0.39 is 6.04 Å². The lowest BCUT2D eigenvalue weighted by molar-refractivity contribution is -0.136. The lowest BCUT2D eigenvalue weighted by Crippen LogP contribution is -2.43. The van der Waals surface area contributed by atoms with Gasteiger partial charge < -0.3 is 19.5 Å². The summed E-state index contributed by atoms with van der Waals surface area (Å²) in [5.74, 6) is 1.27. The highest BCUT2D eigenvalue weighted by Gasteiger charge is 2.34. The van der Waals surface area contributed by atoms with E-state index in [1.165, 1.54) is 0 Å². The van der Waals surface area contributed by atoms with Crippen LogP contribution in [0.5, 0.6) is 5.75 Å². The van der Waals surface area contributed by atoms with Crippen molar-refractivity contribution in [3.8, 4) is 5.75 Å². The van der Waals surface area contributed by atoms with Crippen LogP contribution in [-0.2, 0) is 29.7 Å². The fraction of sp³-hybridized carbons (Fsp3) is 0.276. The zero-order valence-electron chi connectivity index (χ0n) is 20.4. The van der Waals surface area contributed by atoms with Crippen LogP contribution >= 0.6 is 0 Å². The number of anilines is 1. The van der Waals surface area contributed by atoms with Crippen LogP contribution < -0.4 is 10.1 Å². The Kier molecular flexibility index (Phi) is 6.98. The van der Waals surface area contributed by atoms with Crippen molar-refractivity contribution in [2.75, 3.05) is 11.9 Å². The van der Waals surface area contributed by atoms with Gasteiger partial charge in [0.1, 0.15) is 24.2 Å². The zero-order chi connectivity index (χ0) is 24.9. The second-order valence-corrected chi connectivity index (χ2v) is 9.08. The summed E-state index contributed by atoms with van der Waals surface area (Å²) in [6, 6.07) is 24.7. The van der Waals surface area contributed by atoms with Gasteiger partial charge in [-0.1, -0.05) is 54.6 Å². The van der Waals surface area contributed by atoms with Gasteiger partial charge in [0.25, 0.3) is 0 Å². The highest BCUT2D eigenvalue weighted by molar-refractivity contribution is 5.98. The third kappa shape index (κ3) is 5.10. The Hall–Kier alpha value is -4.13. The van der Waals surface area contributed by atoms with E-state index in [0.29, 0.717) is 43.9 Å². The second-order valence-electron chi connectivity index (χ2n) is 9.08. The maximum atomic E-state index is 13.2. The van der Waals surface area contributed by atoms with Crippen LogP contribution in [0, 0.1) is 0 Å². The van der Waals surface area contributed by atoms with Gasteiger partial charge in [0.2, 0.25) is 11.8 Å². The molecule has 1 aromatic heterocycles. The van der Waals surface area contributed by atoms with Crippen LogP contribution in [-0.4, -0.2) is 38.9 Å². The SMILES string of the molecule is Cn1c(CCC(=O)N2CCC[C@H]2C(=O)Nc2ccccc2OCc2ccccc2)nc2ccccc21. The van der Waals surface area contributed by atoms with Gasteiger partial charge in [-0.15, -0.1) is 0 Å². The molecule has 0 saturated carbocycles. The zero-order valence-corrected chi connectivity index (χ0v) is 20.4. The predicted molar refractivity (Wildman–Crippen MR) is 140 cm³/mol. The fourth-order valence-electron chi connectivity index (χ4n) is 4.77. The quantitative estimate of drug-likeness (QED) is 0.395. The first kappa shape index (κ1) is 23.6. The van der Waals surface area contributed by atoms with Crippen LogP contribution in [0.25, 0.3) is 11.0 Å². The molecule has 1 aliphatic heterocycles. The van der Waals surface area contributed by atoms with Crippen LogP contribution in [0.4, 0.5) is 5.69 Å². The van der Waals surface area contributed by atoms with Crippen molar-refractivity contribution < 1.29 is 14.3 Å². The smallest absolute Gasteiger partial charge is 0.247 e. The first-order chi connectivity index (χ1) is 17.6. The molecule has 1 aliphatic rings. The first-order valence-electron chi connectivity index (χ1n) is 12.4. The second kappa shape index (κ2) is 10.6. The maximum Gasteiger partial charge on any atom is 0.247 e. The van der Waals surface area contributed by atoms with Gasteiger partial charge in [-0.2, -0.15) is 0 Å². The monoisotopic (exact) mass is 482 g/mol. The Morgan fingerprint density at radius 1 is 1.00 bits per heavy atom. The number of imidazole rings is 1. The molecule has 36 heavy (non-hydrogen) atoms. The number of nitrogens with one attached hydrogen (secondary N) is 1. The highest BCUT2D eigenvalue weighted by Crippen LogP contribution is 2.27. The number of benzene rings is 3. The van der Waals surface area contributed by atoms with E-state index in [-0.39, 0.29) is 11.8 Å². The number of carbonyl (C=O) groups excluding carboxylic acids is 2. The number of hydrogen-bond donors (Lipinski definition) is 1. The van der Waals surface area contributed by atoms with Gasteiger partial charge in [-0.3, -0.25) is 9.59 Å². The number of rotatable bonds is 8. The number of hydrogen-bond acceptors (Lipinski definition) is 4. The molecular weight excluding hydrogens is 452 g/mol. The average Bonchev–Trinajstić information content (AvgIpc) is 3.53. The van der Waals surface area contributed by atoms with Crippen LogP contribution in [0.1, 0.15) is 30.7 Å². The Bertz CT molecular complexity index is 1370. The molecule has 184 valence electrons. The molecule has 7 heteroatoms. The maximum absolute atomic E-state index is 13.2. The van der Waals surface area contributed by atoms with Gasteiger partial charge in [-0.05, 0) is 42.7 Å². The molecule has 0 aliphatic carbocycles. The summed E-state index contributed by atoms with van der Waals surface area (Å²) >= 11 is 0. The number of nitrogens with zero attached hydrogens (tertiary/aromatic N) is 3. The van der Waals surface area contributed by atoms with Gasteiger partial charge in [0, 0.05) is 26.4 Å². The Morgan fingerprint density at radius 2 is 1.75 bits per heavy atom. The van der Waals surface area contributed by atoms with Crippen molar-refractivity contribution >= 4 is 28.5 Å². The van der Waals surface area contributed by atoms with Crippen molar-refractivity contribution in [2.45, 2.75) is 38.3 Å². The summed E-state index contributed by atoms with van der Waals surface area (Å²) in [5.41, 5.74) is 3.63. The highest BCUT2D eigenvalue weighted by atomic mass is 16.5. The Morgan fingerprint density at radius 3 is 2.58 bits per heavy atom. The molecule has 1 fully saturated rings. The van der Waals surface area contributed by atoms with E-state index in [0.717, 1.165) is 28.8 Å². The predicted octanol–water partition coefficient (Wildman–Crippen LogP) is 4.71. The van der Waals surface area contributed by atoms with Crippen molar-refractivity contribution in [3.63, 3.8) is 0 Å². The first-order valence-corrected chi connectivity index (χ1v) is 12.4. The third-order valence-electron chi connectivity index (χ3n) is 6.70. The van der Waals surface area contributed by atoms with Gasteiger partial charge >= 0.3 is 0 Å². The topological polar surface area (TPSA) is 76.5 Å². The number of amides is 2. The molecule has 0 bridgehead atoms. The molecule has 7 nitrogen and oxygen atoms in total. The van der Waals surface area contributed by atoms with Crippen molar-refractivity contribution in [1.29, 1.82) is 0 Å². The summed E-state index contributed by atoms with van der Waals surface area (Å²) in [4.78, 5) is 32.7. The summed E-state index contributed by atoms with van der Waals surface area (Å²) in [6.07, 6.45) is 2.31. The molecule has 1 atom stereocenters. The van der Waals surface area contributed by atoms with E-state index in [4.69, 9.17) is 4.74 Å². The van der Waals surface area contributed by atoms with Gasteiger partial charge in [0.05, 0.1) is 16.7 Å². The number of fused-ring (bicyclic) bond motifs is 1. The van der Waals surface area contributed by atoms with Crippen LogP contribution in [0.15, 0.2) is 78.9 Å². The van der Waals surface area contributed by atoms with E-state index >= 15 is 0 Å². The standard InChI is InChI=1S/C29H30N4O3/c1-32-24-14-7-5-12-22(24)30-27(32)17-18-28(34)33-19-9-15-25(33)29(35)31-23-13-6-8-16-26(23)36-20-21-10-3-2-4-11-21/h2-8,10-14,16,25H,9,15,17-20H2,1H3,(H,31,35)/t25-/m0/s1. The minimum atomic E-state index is -0.486. The van der Waals surface area contributed by atoms with Crippen LogP contribution in [0.3, 0.4) is 0 Å². The minimum absolute atomic E-state index is 0.0201.